The van der Waals surface area contributed by atoms with Gasteiger partial charge in [0.15, 0.2) is 18.2 Å². The Labute approximate surface area is 340 Å². The van der Waals surface area contributed by atoms with Crippen LogP contribution in [0.4, 0.5) is 23.1 Å². The number of carbonyl (C=O) groups is 3. The molecule has 0 aliphatic carbocycles. The minimum atomic E-state index is -0.427. The molecule has 3 N–H and O–H groups in total. The van der Waals surface area contributed by atoms with Gasteiger partial charge >= 0.3 is 0 Å². The monoisotopic (exact) mass is 809 g/mol. The van der Waals surface area contributed by atoms with E-state index in [1.54, 1.807) is 19.3 Å². The van der Waals surface area contributed by atoms with Crippen molar-refractivity contribution < 1.29 is 19.1 Å². The number of benzene rings is 2. The van der Waals surface area contributed by atoms with Gasteiger partial charge in [0.25, 0.3) is 11.5 Å². The molecule has 17 heteroatoms. The molecular weight excluding hydrogens is 762 g/mol. The number of carbonyl (C=O) groups excluding carboxylic acids is 3. The van der Waals surface area contributed by atoms with Crippen LogP contribution in [0.25, 0.3) is 21.8 Å². The number of ether oxygens (including phenoxy) is 1. The van der Waals surface area contributed by atoms with Gasteiger partial charge in [-0.15, -0.1) is 0 Å². The lowest BCUT2D eigenvalue weighted by molar-refractivity contribution is -0.134. The molecule has 5 aromatic rings. The maximum atomic E-state index is 12.8. The zero-order valence-corrected chi connectivity index (χ0v) is 33.9. The highest BCUT2D eigenvalue weighted by atomic mass is 35.5. The minimum absolute atomic E-state index is 0.0825. The van der Waals surface area contributed by atoms with Crippen LogP contribution in [0, 0.1) is 5.92 Å². The van der Waals surface area contributed by atoms with Gasteiger partial charge < -0.3 is 29.7 Å². The van der Waals surface area contributed by atoms with Crippen LogP contribution in [0.3, 0.4) is 0 Å². The zero-order valence-electron chi connectivity index (χ0n) is 33.1. The number of amides is 3. The van der Waals surface area contributed by atoms with Gasteiger partial charge in [-0.1, -0.05) is 23.7 Å². The van der Waals surface area contributed by atoms with E-state index in [9.17, 15) is 19.2 Å². The van der Waals surface area contributed by atoms with Gasteiger partial charge in [0.1, 0.15) is 5.02 Å². The quantitative estimate of drug-likeness (QED) is 0.175. The summed E-state index contributed by atoms with van der Waals surface area (Å²) in [6.45, 7) is 7.30. The summed E-state index contributed by atoms with van der Waals surface area (Å²) in [5, 5.41) is 15.2. The predicted octanol–water partition coefficient (Wildman–Crippen LogP) is 3.68. The molecule has 3 aliphatic rings. The van der Waals surface area contributed by atoms with Gasteiger partial charge in [0.05, 0.1) is 34.5 Å². The lowest BCUT2D eigenvalue weighted by Gasteiger charge is -2.43. The van der Waals surface area contributed by atoms with Crippen LogP contribution >= 0.6 is 11.6 Å². The number of likely N-dealkylation sites (N-methyl/N-ethyl adjacent to an activating group) is 1. The topological polar surface area (TPSA) is 172 Å². The number of anilines is 4. The van der Waals surface area contributed by atoms with E-state index in [2.05, 4.69) is 48.6 Å². The molecule has 58 heavy (non-hydrogen) atoms. The third kappa shape index (κ3) is 7.65. The normalized spacial score (nSPS) is 18.7. The summed E-state index contributed by atoms with van der Waals surface area (Å²) in [4.78, 5) is 65.7. The molecule has 0 saturated carbocycles. The first-order valence-corrected chi connectivity index (χ1v) is 20.2. The molecule has 16 nitrogen and oxygen atoms in total. The van der Waals surface area contributed by atoms with Crippen LogP contribution in [0.15, 0.2) is 53.5 Å². The van der Waals surface area contributed by atoms with E-state index in [1.807, 2.05) is 42.1 Å². The summed E-state index contributed by atoms with van der Waals surface area (Å²) in [6.07, 6.45) is 4.56. The molecular formula is C41H48ClN11O5. The van der Waals surface area contributed by atoms with Crippen molar-refractivity contribution in [2.75, 3.05) is 68.0 Å². The Morgan fingerprint density at radius 1 is 1.00 bits per heavy atom. The second kappa shape index (κ2) is 16.3. The highest BCUT2D eigenvalue weighted by Gasteiger charge is 2.34. The lowest BCUT2D eigenvalue weighted by Crippen LogP contribution is -2.53. The standard InChI is InChI=1S/C41H48ClN11O5/c1-24(25-12-14-52(15-13-25)32-7-5-6-28-36(48-50(4)37(28)32)29-9-11-34(54)46-39(29)56)51-16-18-53(19-17-51)41-44-22-30(42)38(47-41)45-27-8-10-31-26(20-27)21-33(40(57)49(31)3)58-23-35(55)43-2/h5-8,10,20-22,24-25,29H,9,11-19,23H2,1-4H3,(H,43,55)(H,44,45,47)(H,46,54,56)/t24-,29+/m0/s1. The van der Waals surface area contributed by atoms with E-state index in [1.165, 1.54) is 11.6 Å². The molecule has 2 aromatic carbocycles. The molecule has 8 rings (SSSR count). The first kappa shape index (κ1) is 39.1. The second-order valence-corrected chi connectivity index (χ2v) is 15.8. The minimum Gasteiger partial charge on any atom is -0.478 e. The molecule has 3 aromatic heterocycles. The number of nitrogens with one attached hydrogen (secondary N) is 3. The highest BCUT2D eigenvalue weighted by Crippen LogP contribution is 2.37. The predicted molar refractivity (Wildman–Crippen MR) is 223 cm³/mol. The fourth-order valence-electron chi connectivity index (χ4n) is 8.65. The highest BCUT2D eigenvalue weighted by molar-refractivity contribution is 6.33. The third-order valence-corrected chi connectivity index (χ3v) is 12.3. The van der Waals surface area contributed by atoms with Crippen LogP contribution < -0.4 is 36.0 Å². The van der Waals surface area contributed by atoms with E-state index in [-0.39, 0.29) is 35.6 Å². The second-order valence-electron chi connectivity index (χ2n) is 15.4. The average molecular weight is 810 g/mol. The van der Waals surface area contributed by atoms with Crippen LogP contribution in [0.1, 0.15) is 44.2 Å². The van der Waals surface area contributed by atoms with Crippen molar-refractivity contribution >= 4 is 74.3 Å². The van der Waals surface area contributed by atoms with E-state index in [4.69, 9.17) is 26.4 Å². The van der Waals surface area contributed by atoms with Crippen molar-refractivity contribution in [1.82, 2.24) is 39.8 Å². The third-order valence-electron chi connectivity index (χ3n) is 12.0. The molecule has 3 amide bonds. The largest absolute Gasteiger partial charge is 0.478 e. The number of hydrogen-bond acceptors (Lipinski definition) is 12. The van der Waals surface area contributed by atoms with Crippen LogP contribution in [-0.4, -0.2) is 106 Å². The van der Waals surface area contributed by atoms with Gasteiger partial charge in [0.2, 0.25) is 17.8 Å². The van der Waals surface area contributed by atoms with Crippen LogP contribution in [-0.2, 0) is 28.5 Å². The number of hydrogen-bond donors (Lipinski definition) is 3. The van der Waals surface area contributed by atoms with Crippen molar-refractivity contribution in [2.45, 2.75) is 44.6 Å². The van der Waals surface area contributed by atoms with Crippen molar-refractivity contribution in [3.05, 3.63) is 69.7 Å². The number of aryl methyl sites for hydroxylation is 2. The molecule has 0 bridgehead atoms. The summed E-state index contributed by atoms with van der Waals surface area (Å²) in [5.41, 5.74) is 3.99. The van der Waals surface area contributed by atoms with Crippen molar-refractivity contribution in [3.8, 4) is 5.75 Å². The Morgan fingerprint density at radius 3 is 2.52 bits per heavy atom. The molecule has 0 unspecified atom stereocenters. The van der Waals surface area contributed by atoms with E-state index >= 15 is 0 Å². The number of fused-ring (bicyclic) bond motifs is 2. The van der Waals surface area contributed by atoms with E-state index in [0.717, 1.165) is 79.8 Å². The molecule has 0 radical (unpaired) electrons. The fraction of sp³-hybridized carbons (Fsp3) is 0.439. The van der Waals surface area contributed by atoms with Crippen molar-refractivity contribution in [2.24, 2.45) is 20.0 Å². The molecule has 2 atom stereocenters. The number of para-hydroxylation sites is 1. The lowest BCUT2D eigenvalue weighted by atomic mass is 9.88. The molecule has 0 spiro atoms. The van der Waals surface area contributed by atoms with E-state index < -0.39 is 5.92 Å². The molecule has 3 fully saturated rings. The smallest absolute Gasteiger partial charge is 0.293 e. The van der Waals surface area contributed by atoms with Crippen LogP contribution in [0.5, 0.6) is 5.75 Å². The fourth-order valence-corrected chi connectivity index (χ4v) is 8.78. The van der Waals surface area contributed by atoms with Gasteiger partial charge in [-0.05, 0) is 62.4 Å². The molecule has 3 saturated heterocycles. The number of imide groups is 1. The number of piperidine rings is 2. The average Bonchev–Trinajstić information content (AvgIpc) is 3.57. The molecule has 6 heterocycles. The zero-order chi connectivity index (χ0) is 40.7. The van der Waals surface area contributed by atoms with Crippen LogP contribution in [0.2, 0.25) is 5.02 Å². The van der Waals surface area contributed by atoms with Gasteiger partial charge in [0, 0.05) is 89.3 Å². The SMILES string of the molecule is CNC(=O)COc1cc2cc(Nc3nc(N4CCN([C@@H](C)C5CCN(c6cccc7c([C@H]8CCC(=O)NC8=O)nn(C)c67)CC5)CC4)ncc3Cl)ccc2n(C)c1=O. The Kier molecular flexibility index (Phi) is 11.0. The number of pyridine rings is 1. The van der Waals surface area contributed by atoms with Gasteiger partial charge in [-0.3, -0.25) is 34.1 Å². The Bertz CT molecular complexity index is 2450. The number of nitrogens with zero attached hydrogens (tertiary/aromatic N) is 8. The van der Waals surface area contributed by atoms with Crippen molar-refractivity contribution in [1.29, 1.82) is 0 Å². The molecule has 3 aliphatic heterocycles. The maximum absolute atomic E-state index is 12.8. The molecule has 304 valence electrons. The van der Waals surface area contributed by atoms with E-state index in [0.29, 0.717) is 52.8 Å². The first-order chi connectivity index (χ1) is 28.0. The summed E-state index contributed by atoms with van der Waals surface area (Å²) in [6, 6.07) is 13.9. The Balaban J connectivity index is 0.883. The summed E-state index contributed by atoms with van der Waals surface area (Å²) in [7, 11) is 5.11. The number of rotatable bonds is 10. The Hall–Kier alpha value is -5.74. The first-order valence-electron chi connectivity index (χ1n) is 19.8. The summed E-state index contributed by atoms with van der Waals surface area (Å²) >= 11 is 6.59. The number of aromatic nitrogens is 5. The summed E-state index contributed by atoms with van der Waals surface area (Å²) < 4.78 is 8.90. The maximum Gasteiger partial charge on any atom is 0.293 e. The number of piperazine rings is 1. The van der Waals surface area contributed by atoms with Crippen molar-refractivity contribution in [3.63, 3.8) is 0 Å². The van der Waals surface area contributed by atoms with Gasteiger partial charge in [-0.25, -0.2) is 4.98 Å². The Morgan fingerprint density at radius 2 is 1.78 bits per heavy atom. The number of halogens is 1. The summed E-state index contributed by atoms with van der Waals surface area (Å²) in [5.74, 6) is 0.465. The van der Waals surface area contributed by atoms with Gasteiger partial charge in [-0.2, -0.15) is 10.1 Å².